The van der Waals surface area contributed by atoms with Crippen molar-refractivity contribution in [1.29, 1.82) is 0 Å². The SMILES string of the molecule is CCCc1c(N)cnn1CCC(C)C. The van der Waals surface area contributed by atoms with Crippen molar-refractivity contribution in [3.63, 3.8) is 0 Å². The molecular weight excluding hydrogens is 174 g/mol. The van der Waals surface area contributed by atoms with Crippen molar-refractivity contribution >= 4 is 5.69 Å². The molecule has 1 aromatic heterocycles. The Balaban J connectivity index is 2.65. The highest BCUT2D eigenvalue weighted by molar-refractivity contribution is 5.40. The molecule has 0 atom stereocenters. The van der Waals surface area contributed by atoms with Crippen LogP contribution < -0.4 is 5.73 Å². The van der Waals surface area contributed by atoms with E-state index in [0.29, 0.717) is 0 Å². The highest BCUT2D eigenvalue weighted by atomic mass is 15.3. The molecule has 0 aliphatic carbocycles. The van der Waals surface area contributed by atoms with E-state index in [1.807, 2.05) is 0 Å². The van der Waals surface area contributed by atoms with Crippen LogP contribution in [0.3, 0.4) is 0 Å². The molecule has 0 fully saturated rings. The molecule has 0 aliphatic heterocycles. The quantitative estimate of drug-likeness (QED) is 0.784. The predicted molar refractivity (Wildman–Crippen MR) is 60.1 cm³/mol. The molecule has 0 saturated carbocycles. The fourth-order valence-corrected chi connectivity index (χ4v) is 1.51. The highest BCUT2D eigenvalue weighted by Crippen LogP contribution is 2.14. The van der Waals surface area contributed by atoms with Crippen LogP contribution in [0.15, 0.2) is 6.20 Å². The van der Waals surface area contributed by atoms with Gasteiger partial charge in [-0.1, -0.05) is 27.2 Å². The van der Waals surface area contributed by atoms with Gasteiger partial charge < -0.3 is 5.73 Å². The molecule has 3 heteroatoms. The molecular formula is C11H21N3. The summed E-state index contributed by atoms with van der Waals surface area (Å²) in [5.74, 6) is 0.718. The Kier molecular flexibility index (Phi) is 3.98. The monoisotopic (exact) mass is 195 g/mol. The Morgan fingerprint density at radius 2 is 2.21 bits per heavy atom. The summed E-state index contributed by atoms with van der Waals surface area (Å²) in [6.45, 7) is 7.61. The predicted octanol–water partition coefficient (Wildman–Crippen LogP) is 2.46. The standard InChI is InChI=1S/C11H21N3/c1-4-5-11-10(12)8-13-14(11)7-6-9(2)3/h8-9H,4-7,12H2,1-3H3. The van der Waals surface area contributed by atoms with Gasteiger partial charge in [0.1, 0.15) is 0 Å². The molecule has 2 N–H and O–H groups in total. The van der Waals surface area contributed by atoms with Gasteiger partial charge in [-0.05, 0) is 18.8 Å². The van der Waals surface area contributed by atoms with Crippen LogP contribution >= 0.6 is 0 Å². The van der Waals surface area contributed by atoms with Crippen LogP contribution in [0.4, 0.5) is 5.69 Å². The summed E-state index contributed by atoms with van der Waals surface area (Å²) in [6, 6.07) is 0. The third-order valence-corrected chi connectivity index (χ3v) is 2.39. The summed E-state index contributed by atoms with van der Waals surface area (Å²) in [6.07, 6.45) is 5.09. The number of nitrogens with two attached hydrogens (primary N) is 1. The maximum atomic E-state index is 5.85. The minimum Gasteiger partial charge on any atom is -0.396 e. The molecule has 0 spiro atoms. The van der Waals surface area contributed by atoms with E-state index in [1.165, 1.54) is 5.69 Å². The molecule has 80 valence electrons. The van der Waals surface area contributed by atoms with E-state index < -0.39 is 0 Å². The smallest absolute Gasteiger partial charge is 0.0733 e. The van der Waals surface area contributed by atoms with E-state index in [2.05, 4.69) is 30.6 Å². The van der Waals surface area contributed by atoms with Crippen LogP contribution in [0.1, 0.15) is 39.3 Å². The molecule has 0 bridgehead atoms. The fraction of sp³-hybridized carbons (Fsp3) is 0.727. The minimum absolute atomic E-state index is 0.718. The van der Waals surface area contributed by atoms with Gasteiger partial charge in [-0.15, -0.1) is 0 Å². The minimum atomic E-state index is 0.718. The van der Waals surface area contributed by atoms with Gasteiger partial charge in [0, 0.05) is 6.54 Å². The number of nitrogen functional groups attached to an aromatic ring is 1. The zero-order valence-corrected chi connectivity index (χ0v) is 9.45. The number of anilines is 1. The average Bonchev–Trinajstić information content (AvgIpc) is 2.46. The topological polar surface area (TPSA) is 43.8 Å². The second-order valence-corrected chi connectivity index (χ2v) is 4.20. The van der Waals surface area contributed by atoms with Gasteiger partial charge in [0.2, 0.25) is 0 Å². The van der Waals surface area contributed by atoms with E-state index in [0.717, 1.165) is 37.4 Å². The van der Waals surface area contributed by atoms with E-state index in [4.69, 9.17) is 5.73 Å². The maximum absolute atomic E-state index is 5.85. The lowest BCUT2D eigenvalue weighted by molar-refractivity contribution is 0.475. The van der Waals surface area contributed by atoms with Gasteiger partial charge in [0.25, 0.3) is 0 Å². The molecule has 0 unspecified atom stereocenters. The molecule has 0 saturated heterocycles. The first kappa shape index (κ1) is 11.1. The number of aryl methyl sites for hydroxylation is 1. The summed E-state index contributed by atoms with van der Waals surface area (Å²) >= 11 is 0. The molecule has 0 radical (unpaired) electrons. The van der Waals surface area contributed by atoms with Crippen molar-refractivity contribution < 1.29 is 0 Å². The molecule has 1 aromatic rings. The van der Waals surface area contributed by atoms with Crippen molar-refractivity contribution in [2.24, 2.45) is 5.92 Å². The van der Waals surface area contributed by atoms with Gasteiger partial charge in [-0.3, -0.25) is 4.68 Å². The Morgan fingerprint density at radius 3 is 2.79 bits per heavy atom. The lowest BCUT2D eigenvalue weighted by atomic mass is 10.1. The maximum Gasteiger partial charge on any atom is 0.0733 e. The van der Waals surface area contributed by atoms with Gasteiger partial charge >= 0.3 is 0 Å². The molecule has 0 aliphatic rings. The van der Waals surface area contributed by atoms with Crippen LogP contribution in [-0.2, 0) is 13.0 Å². The lowest BCUT2D eigenvalue weighted by Crippen LogP contribution is -2.08. The zero-order chi connectivity index (χ0) is 10.6. The van der Waals surface area contributed by atoms with Crippen molar-refractivity contribution in [3.8, 4) is 0 Å². The van der Waals surface area contributed by atoms with E-state index in [-0.39, 0.29) is 0 Å². The first-order chi connectivity index (χ1) is 6.65. The number of aromatic nitrogens is 2. The van der Waals surface area contributed by atoms with Crippen molar-refractivity contribution in [3.05, 3.63) is 11.9 Å². The second kappa shape index (κ2) is 5.03. The molecule has 1 rings (SSSR count). The van der Waals surface area contributed by atoms with Crippen LogP contribution in [0.2, 0.25) is 0 Å². The van der Waals surface area contributed by atoms with E-state index in [1.54, 1.807) is 6.20 Å². The summed E-state index contributed by atoms with van der Waals surface area (Å²) in [7, 11) is 0. The van der Waals surface area contributed by atoms with Crippen LogP contribution in [0.25, 0.3) is 0 Å². The van der Waals surface area contributed by atoms with Crippen LogP contribution in [0, 0.1) is 5.92 Å². The lowest BCUT2D eigenvalue weighted by Gasteiger charge is -2.09. The molecule has 14 heavy (non-hydrogen) atoms. The number of hydrogen-bond acceptors (Lipinski definition) is 2. The molecule has 0 amide bonds. The summed E-state index contributed by atoms with van der Waals surface area (Å²) < 4.78 is 2.05. The Bertz CT molecular complexity index is 276. The first-order valence-corrected chi connectivity index (χ1v) is 5.45. The molecule has 1 heterocycles. The molecule has 0 aromatic carbocycles. The summed E-state index contributed by atoms with van der Waals surface area (Å²) in [5, 5.41) is 4.30. The fourth-order valence-electron chi connectivity index (χ4n) is 1.51. The highest BCUT2D eigenvalue weighted by Gasteiger charge is 2.07. The number of rotatable bonds is 5. The average molecular weight is 195 g/mol. The number of nitrogens with zero attached hydrogens (tertiary/aromatic N) is 2. The van der Waals surface area contributed by atoms with E-state index >= 15 is 0 Å². The number of hydrogen-bond donors (Lipinski definition) is 1. The largest absolute Gasteiger partial charge is 0.396 e. The van der Waals surface area contributed by atoms with Gasteiger partial charge in [-0.25, -0.2) is 0 Å². The van der Waals surface area contributed by atoms with Gasteiger partial charge in [-0.2, -0.15) is 5.10 Å². The third kappa shape index (κ3) is 2.76. The third-order valence-electron chi connectivity index (χ3n) is 2.39. The Labute approximate surface area is 86.3 Å². The normalized spacial score (nSPS) is 11.1. The second-order valence-electron chi connectivity index (χ2n) is 4.20. The van der Waals surface area contributed by atoms with Crippen molar-refractivity contribution in [1.82, 2.24) is 9.78 Å². The van der Waals surface area contributed by atoms with Crippen molar-refractivity contribution in [2.75, 3.05) is 5.73 Å². The van der Waals surface area contributed by atoms with Crippen LogP contribution in [-0.4, -0.2) is 9.78 Å². The van der Waals surface area contributed by atoms with Crippen LogP contribution in [0.5, 0.6) is 0 Å². The van der Waals surface area contributed by atoms with Gasteiger partial charge in [0.05, 0.1) is 17.6 Å². The van der Waals surface area contributed by atoms with Crippen molar-refractivity contribution in [2.45, 2.75) is 46.6 Å². The van der Waals surface area contributed by atoms with E-state index in [9.17, 15) is 0 Å². The van der Waals surface area contributed by atoms with Gasteiger partial charge in [0.15, 0.2) is 0 Å². The zero-order valence-electron chi connectivity index (χ0n) is 9.45. The summed E-state index contributed by atoms with van der Waals surface area (Å²) in [5.41, 5.74) is 7.90. The first-order valence-electron chi connectivity index (χ1n) is 5.45. The Morgan fingerprint density at radius 1 is 1.50 bits per heavy atom. The molecule has 3 nitrogen and oxygen atoms in total. The Hall–Kier alpha value is -0.990. The summed E-state index contributed by atoms with van der Waals surface area (Å²) in [4.78, 5) is 0.